The van der Waals surface area contributed by atoms with Crippen LogP contribution in [0.5, 0.6) is 0 Å². The number of aryl methyl sites for hydroxylation is 1. The summed E-state index contributed by atoms with van der Waals surface area (Å²) in [6, 6.07) is 1.09. The van der Waals surface area contributed by atoms with E-state index < -0.39 is 0 Å². The van der Waals surface area contributed by atoms with E-state index in [1.807, 2.05) is 0 Å². The molecule has 1 unspecified atom stereocenters. The Morgan fingerprint density at radius 3 is 2.59 bits per heavy atom. The minimum atomic E-state index is 0.443. The molecule has 1 aliphatic carbocycles. The summed E-state index contributed by atoms with van der Waals surface area (Å²) in [6.45, 7) is 3.22. The van der Waals surface area contributed by atoms with Crippen LogP contribution in [0.25, 0.3) is 0 Å². The van der Waals surface area contributed by atoms with Gasteiger partial charge in [0.05, 0.1) is 6.04 Å². The zero-order valence-electron chi connectivity index (χ0n) is 10.7. The monoisotopic (exact) mass is 234 g/mol. The van der Waals surface area contributed by atoms with Crippen LogP contribution in [0.2, 0.25) is 0 Å². The molecule has 2 aliphatic rings. The molecule has 1 aliphatic heterocycles. The Hall–Kier alpha value is -0.900. The van der Waals surface area contributed by atoms with Gasteiger partial charge in [-0.05, 0) is 39.2 Å². The van der Waals surface area contributed by atoms with Crippen molar-refractivity contribution in [2.75, 3.05) is 6.54 Å². The van der Waals surface area contributed by atoms with E-state index in [4.69, 9.17) is 0 Å². The fourth-order valence-corrected chi connectivity index (χ4v) is 3.32. The molecule has 3 rings (SSSR count). The highest BCUT2D eigenvalue weighted by Gasteiger charge is 2.27. The Bertz CT molecular complexity index is 373. The van der Waals surface area contributed by atoms with E-state index in [1.54, 1.807) is 0 Å². The molecular formula is C13H22N4. The third kappa shape index (κ3) is 2.10. The molecule has 4 heteroatoms. The third-order valence-corrected chi connectivity index (χ3v) is 4.20. The van der Waals surface area contributed by atoms with Gasteiger partial charge in [-0.15, -0.1) is 10.2 Å². The average molecular weight is 234 g/mol. The summed E-state index contributed by atoms with van der Waals surface area (Å²) in [5.41, 5.74) is 0. The summed E-state index contributed by atoms with van der Waals surface area (Å²) >= 11 is 0. The lowest BCUT2D eigenvalue weighted by molar-refractivity contribution is 0.333. The number of rotatable bonds is 2. The normalized spacial score (nSPS) is 26.5. The molecular weight excluding hydrogens is 212 g/mol. The van der Waals surface area contributed by atoms with Gasteiger partial charge in [0.25, 0.3) is 0 Å². The molecule has 1 aromatic rings. The first-order valence-electron chi connectivity index (χ1n) is 7.01. The number of nitrogens with zero attached hydrogens (tertiary/aromatic N) is 3. The zero-order valence-corrected chi connectivity index (χ0v) is 10.7. The van der Waals surface area contributed by atoms with Crippen LogP contribution >= 0.6 is 0 Å². The van der Waals surface area contributed by atoms with Gasteiger partial charge < -0.3 is 9.88 Å². The fourth-order valence-electron chi connectivity index (χ4n) is 3.32. The van der Waals surface area contributed by atoms with Gasteiger partial charge in [-0.1, -0.05) is 19.3 Å². The van der Waals surface area contributed by atoms with Gasteiger partial charge in [-0.3, -0.25) is 0 Å². The van der Waals surface area contributed by atoms with E-state index in [2.05, 4.69) is 27.0 Å². The highest BCUT2D eigenvalue weighted by molar-refractivity contribution is 5.04. The van der Waals surface area contributed by atoms with Crippen molar-refractivity contribution < 1.29 is 0 Å². The second-order valence-corrected chi connectivity index (χ2v) is 5.42. The lowest BCUT2D eigenvalue weighted by Gasteiger charge is -2.26. The van der Waals surface area contributed by atoms with E-state index >= 15 is 0 Å². The van der Waals surface area contributed by atoms with Gasteiger partial charge in [0.1, 0.15) is 11.6 Å². The second-order valence-electron chi connectivity index (χ2n) is 5.42. The van der Waals surface area contributed by atoms with Gasteiger partial charge in [-0.2, -0.15) is 0 Å². The lowest BCUT2D eigenvalue weighted by atomic mass is 9.95. The predicted molar refractivity (Wildman–Crippen MR) is 66.9 cm³/mol. The molecule has 1 saturated heterocycles. The SMILES string of the molecule is Cc1nnc(C2CCCN2)n1C1CCCCC1. The summed E-state index contributed by atoms with van der Waals surface area (Å²) < 4.78 is 2.42. The van der Waals surface area contributed by atoms with Gasteiger partial charge in [0.15, 0.2) is 0 Å². The van der Waals surface area contributed by atoms with Crippen LogP contribution < -0.4 is 5.32 Å². The highest BCUT2D eigenvalue weighted by atomic mass is 15.3. The van der Waals surface area contributed by atoms with E-state index in [1.165, 1.54) is 50.8 Å². The summed E-state index contributed by atoms with van der Waals surface area (Å²) in [5, 5.41) is 12.3. The summed E-state index contributed by atoms with van der Waals surface area (Å²) in [4.78, 5) is 0. The highest BCUT2D eigenvalue weighted by Crippen LogP contribution is 2.32. The Kier molecular flexibility index (Phi) is 3.14. The average Bonchev–Trinajstić information content (AvgIpc) is 2.98. The Balaban J connectivity index is 1.88. The van der Waals surface area contributed by atoms with E-state index in [-0.39, 0.29) is 0 Å². The molecule has 1 N–H and O–H groups in total. The number of nitrogens with one attached hydrogen (secondary N) is 1. The quantitative estimate of drug-likeness (QED) is 0.855. The van der Waals surface area contributed by atoms with Crippen LogP contribution in [0, 0.1) is 6.92 Å². The van der Waals surface area contributed by atoms with Crippen molar-refractivity contribution in [1.29, 1.82) is 0 Å². The number of hydrogen-bond acceptors (Lipinski definition) is 3. The minimum absolute atomic E-state index is 0.443. The number of hydrogen-bond donors (Lipinski definition) is 1. The van der Waals surface area contributed by atoms with Gasteiger partial charge in [0.2, 0.25) is 0 Å². The maximum Gasteiger partial charge on any atom is 0.150 e. The van der Waals surface area contributed by atoms with Crippen LogP contribution in [0.4, 0.5) is 0 Å². The van der Waals surface area contributed by atoms with Crippen molar-refractivity contribution in [3.8, 4) is 0 Å². The summed E-state index contributed by atoms with van der Waals surface area (Å²) in [5.74, 6) is 2.28. The smallest absolute Gasteiger partial charge is 0.150 e. The molecule has 17 heavy (non-hydrogen) atoms. The standard InChI is InChI=1S/C13H22N4/c1-10-15-16-13(12-8-5-9-14-12)17(10)11-6-3-2-4-7-11/h11-12,14H,2-9H2,1H3. The molecule has 2 fully saturated rings. The van der Waals surface area contributed by atoms with Crippen LogP contribution in [0.1, 0.15) is 68.7 Å². The summed E-state index contributed by atoms with van der Waals surface area (Å²) in [6.07, 6.45) is 9.21. The van der Waals surface area contributed by atoms with E-state index in [9.17, 15) is 0 Å². The number of aromatic nitrogens is 3. The first kappa shape index (κ1) is 11.2. The molecule has 2 heterocycles. The van der Waals surface area contributed by atoms with Crippen molar-refractivity contribution >= 4 is 0 Å². The zero-order chi connectivity index (χ0) is 11.7. The van der Waals surface area contributed by atoms with Gasteiger partial charge >= 0.3 is 0 Å². The van der Waals surface area contributed by atoms with Gasteiger partial charge in [-0.25, -0.2) is 0 Å². The maximum atomic E-state index is 4.42. The molecule has 0 radical (unpaired) electrons. The lowest BCUT2D eigenvalue weighted by Crippen LogP contribution is -2.22. The van der Waals surface area contributed by atoms with E-state index in [0.717, 1.165) is 12.4 Å². The third-order valence-electron chi connectivity index (χ3n) is 4.20. The Morgan fingerprint density at radius 1 is 1.06 bits per heavy atom. The van der Waals surface area contributed by atoms with Crippen LogP contribution in [-0.2, 0) is 0 Å². The van der Waals surface area contributed by atoms with Crippen LogP contribution in [-0.4, -0.2) is 21.3 Å². The molecule has 1 aromatic heterocycles. The maximum absolute atomic E-state index is 4.42. The molecule has 4 nitrogen and oxygen atoms in total. The van der Waals surface area contributed by atoms with Crippen LogP contribution in [0.3, 0.4) is 0 Å². The first-order valence-corrected chi connectivity index (χ1v) is 7.01. The molecule has 1 atom stereocenters. The molecule has 1 saturated carbocycles. The molecule has 0 aromatic carbocycles. The first-order chi connectivity index (χ1) is 8.36. The predicted octanol–water partition coefficient (Wildman–Crippen LogP) is 2.52. The van der Waals surface area contributed by atoms with Crippen molar-refractivity contribution in [3.05, 3.63) is 11.6 Å². The van der Waals surface area contributed by atoms with Crippen molar-refractivity contribution in [3.63, 3.8) is 0 Å². The van der Waals surface area contributed by atoms with E-state index in [0.29, 0.717) is 12.1 Å². The van der Waals surface area contributed by atoms with Crippen LogP contribution in [0.15, 0.2) is 0 Å². The molecule has 94 valence electrons. The summed E-state index contributed by atoms with van der Waals surface area (Å²) in [7, 11) is 0. The molecule has 0 bridgehead atoms. The second kappa shape index (κ2) is 4.77. The minimum Gasteiger partial charge on any atom is -0.311 e. The largest absolute Gasteiger partial charge is 0.311 e. The molecule has 0 amide bonds. The van der Waals surface area contributed by atoms with Crippen molar-refractivity contribution in [2.24, 2.45) is 0 Å². The van der Waals surface area contributed by atoms with Gasteiger partial charge in [0, 0.05) is 6.04 Å². The topological polar surface area (TPSA) is 42.7 Å². The Morgan fingerprint density at radius 2 is 1.88 bits per heavy atom. The molecule has 0 spiro atoms. The van der Waals surface area contributed by atoms with Crippen molar-refractivity contribution in [2.45, 2.75) is 64.0 Å². The fraction of sp³-hybridized carbons (Fsp3) is 0.846. The Labute approximate surface area is 103 Å². The van der Waals surface area contributed by atoms with Crippen molar-refractivity contribution in [1.82, 2.24) is 20.1 Å².